The van der Waals surface area contributed by atoms with Gasteiger partial charge in [-0.25, -0.2) is 0 Å². The lowest BCUT2D eigenvalue weighted by Crippen LogP contribution is -2.38. The van der Waals surface area contributed by atoms with Crippen LogP contribution in [-0.4, -0.2) is 24.2 Å². The summed E-state index contributed by atoms with van der Waals surface area (Å²) in [5.41, 5.74) is -0.641. The van der Waals surface area contributed by atoms with Crippen LogP contribution in [0.5, 0.6) is 0 Å². The Hall–Kier alpha value is -0.570. The highest BCUT2D eigenvalue weighted by molar-refractivity contribution is 5.73. The van der Waals surface area contributed by atoms with Gasteiger partial charge in [0, 0.05) is 6.54 Å². The zero-order valence-corrected chi connectivity index (χ0v) is 10.3. The number of nitrogens with one attached hydrogen (secondary N) is 1. The number of carboxylic acid groups (broad SMARTS) is 1. The van der Waals surface area contributed by atoms with Gasteiger partial charge in [0.2, 0.25) is 0 Å². The normalized spacial score (nSPS) is 21.4. The van der Waals surface area contributed by atoms with Crippen molar-refractivity contribution in [2.75, 3.05) is 13.1 Å². The molecule has 0 bridgehead atoms. The van der Waals surface area contributed by atoms with E-state index in [4.69, 9.17) is 5.11 Å². The first-order chi connectivity index (χ1) is 7.50. The largest absolute Gasteiger partial charge is 0.481 e. The summed E-state index contributed by atoms with van der Waals surface area (Å²) in [4.78, 5) is 10.9. The fourth-order valence-electron chi connectivity index (χ4n) is 2.39. The lowest BCUT2D eigenvalue weighted by atomic mass is 9.92. The summed E-state index contributed by atoms with van der Waals surface area (Å²) in [6.45, 7) is 5.17. The molecule has 2 aliphatic carbocycles. The molecule has 2 fully saturated rings. The first-order valence-corrected chi connectivity index (χ1v) is 6.45. The van der Waals surface area contributed by atoms with Crippen LogP contribution < -0.4 is 5.32 Å². The maximum atomic E-state index is 10.9. The molecule has 92 valence electrons. The molecule has 0 unspecified atom stereocenters. The molecule has 2 aliphatic rings. The van der Waals surface area contributed by atoms with Crippen molar-refractivity contribution in [3.05, 3.63) is 0 Å². The molecule has 0 atom stereocenters. The van der Waals surface area contributed by atoms with Crippen LogP contribution in [0.15, 0.2) is 0 Å². The third-order valence-corrected chi connectivity index (χ3v) is 3.98. The van der Waals surface area contributed by atoms with Crippen molar-refractivity contribution in [1.82, 2.24) is 5.32 Å². The Labute approximate surface area is 97.6 Å². The SMILES string of the molecule is CC(C)(CNCC(C1CC1)C1CC1)C(=O)O. The van der Waals surface area contributed by atoms with Crippen LogP contribution in [-0.2, 0) is 4.79 Å². The van der Waals surface area contributed by atoms with Crippen LogP contribution in [0.2, 0.25) is 0 Å². The summed E-state index contributed by atoms with van der Waals surface area (Å²) in [7, 11) is 0. The van der Waals surface area contributed by atoms with Crippen molar-refractivity contribution in [3.63, 3.8) is 0 Å². The van der Waals surface area contributed by atoms with Crippen molar-refractivity contribution in [2.24, 2.45) is 23.2 Å². The van der Waals surface area contributed by atoms with Crippen molar-refractivity contribution in [2.45, 2.75) is 39.5 Å². The predicted octanol–water partition coefficient (Wildman–Crippen LogP) is 2.12. The zero-order chi connectivity index (χ0) is 11.8. The number of carbonyl (C=O) groups is 1. The van der Waals surface area contributed by atoms with E-state index < -0.39 is 11.4 Å². The van der Waals surface area contributed by atoms with E-state index in [1.54, 1.807) is 13.8 Å². The topological polar surface area (TPSA) is 49.3 Å². The van der Waals surface area contributed by atoms with Crippen molar-refractivity contribution in [3.8, 4) is 0 Å². The average Bonchev–Trinajstić information content (AvgIpc) is 3.03. The van der Waals surface area contributed by atoms with Crippen molar-refractivity contribution in [1.29, 1.82) is 0 Å². The molecule has 0 spiro atoms. The summed E-state index contributed by atoms with van der Waals surface area (Å²) in [5.74, 6) is 1.99. The van der Waals surface area contributed by atoms with E-state index in [1.807, 2.05) is 0 Å². The fourth-order valence-corrected chi connectivity index (χ4v) is 2.39. The van der Waals surface area contributed by atoms with Gasteiger partial charge in [-0.15, -0.1) is 0 Å². The molecule has 0 radical (unpaired) electrons. The number of carboxylic acids is 1. The summed E-state index contributed by atoms with van der Waals surface area (Å²) in [5, 5.41) is 12.4. The molecule has 0 saturated heterocycles. The van der Waals surface area contributed by atoms with E-state index in [0.717, 1.165) is 24.3 Å². The summed E-state index contributed by atoms with van der Waals surface area (Å²) in [6.07, 6.45) is 5.58. The number of hydrogen-bond acceptors (Lipinski definition) is 2. The predicted molar refractivity (Wildman–Crippen MR) is 63.2 cm³/mol. The molecule has 0 amide bonds. The Kier molecular flexibility index (Phi) is 3.24. The molecule has 2 N–H and O–H groups in total. The quantitative estimate of drug-likeness (QED) is 0.698. The fraction of sp³-hybridized carbons (Fsp3) is 0.923. The van der Waals surface area contributed by atoms with Crippen LogP contribution >= 0.6 is 0 Å². The highest BCUT2D eigenvalue weighted by Gasteiger charge is 2.41. The molecule has 3 heteroatoms. The second kappa shape index (κ2) is 4.36. The van der Waals surface area contributed by atoms with Gasteiger partial charge < -0.3 is 10.4 Å². The first kappa shape index (κ1) is 11.9. The van der Waals surface area contributed by atoms with Gasteiger partial charge in [-0.3, -0.25) is 4.79 Å². The van der Waals surface area contributed by atoms with Crippen LogP contribution in [0.4, 0.5) is 0 Å². The standard InChI is InChI=1S/C13H23NO2/c1-13(2,12(15)16)8-14-7-11(9-3-4-9)10-5-6-10/h9-11,14H,3-8H2,1-2H3,(H,15,16). The van der Waals surface area contributed by atoms with Gasteiger partial charge in [-0.1, -0.05) is 0 Å². The Morgan fingerprint density at radius 1 is 1.31 bits per heavy atom. The summed E-state index contributed by atoms with van der Waals surface area (Å²) < 4.78 is 0. The molecule has 0 heterocycles. The van der Waals surface area contributed by atoms with Gasteiger partial charge in [0.15, 0.2) is 0 Å². The Bertz CT molecular complexity index is 255. The maximum absolute atomic E-state index is 10.9. The van der Waals surface area contributed by atoms with Gasteiger partial charge >= 0.3 is 5.97 Å². The molecular weight excluding hydrogens is 202 g/mol. The molecule has 0 aliphatic heterocycles. The van der Waals surface area contributed by atoms with Gasteiger partial charge in [0.1, 0.15) is 0 Å². The first-order valence-electron chi connectivity index (χ1n) is 6.45. The van der Waals surface area contributed by atoms with Crippen LogP contribution in [0.3, 0.4) is 0 Å². The molecule has 3 nitrogen and oxygen atoms in total. The molecule has 0 aromatic carbocycles. The van der Waals surface area contributed by atoms with E-state index in [0.29, 0.717) is 6.54 Å². The third kappa shape index (κ3) is 2.97. The summed E-state index contributed by atoms with van der Waals surface area (Å²) >= 11 is 0. The third-order valence-electron chi connectivity index (χ3n) is 3.98. The second-order valence-electron chi connectivity index (χ2n) is 6.16. The molecule has 16 heavy (non-hydrogen) atoms. The minimum Gasteiger partial charge on any atom is -0.481 e. The van der Waals surface area contributed by atoms with E-state index in [2.05, 4.69) is 5.32 Å². The van der Waals surface area contributed by atoms with Crippen LogP contribution in [0.25, 0.3) is 0 Å². The van der Waals surface area contributed by atoms with Crippen LogP contribution in [0, 0.1) is 23.2 Å². The highest BCUT2D eigenvalue weighted by atomic mass is 16.4. The number of hydrogen-bond donors (Lipinski definition) is 2. The van der Waals surface area contributed by atoms with Gasteiger partial charge in [0.05, 0.1) is 5.41 Å². The Morgan fingerprint density at radius 3 is 2.19 bits per heavy atom. The van der Waals surface area contributed by atoms with E-state index in [-0.39, 0.29) is 0 Å². The second-order valence-corrected chi connectivity index (χ2v) is 6.16. The minimum absolute atomic E-state index is 0.582. The van der Waals surface area contributed by atoms with Gasteiger partial charge in [-0.2, -0.15) is 0 Å². The lowest BCUT2D eigenvalue weighted by Gasteiger charge is -2.22. The monoisotopic (exact) mass is 225 g/mol. The minimum atomic E-state index is -0.714. The Balaban J connectivity index is 1.71. The van der Waals surface area contributed by atoms with E-state index in [1.165, 1.54) is 25.7 Å². The zero-order valence-electron chi connectivity index (χ0n) is 10.3. The molecular formula is C13H23NO2. The van der Waals surface area contributed by atoms with E-state index >= 15 is 0 Å². The smallest absolute Gasteiger partial charge is 0.310 e. The van der Waals surface area contributed by atoms with Crippen LogP contribution in [0.1, 0.15) is 39.5 Å². The average molecular weight is 225 g/mol. The number of aliphatic carboxylic acids is 1. The lowest BCUT2D eigenvalue weighted by molar-refractivity contribution is -0.146. The Morgan fingerprint density at radius 2 is 1.81 bits per heavy atom. The van der Waals surface area contributed by atoms with Crippen molar-refractivity contribution < 1.29 is 9.90 Å². The van der Waals surface area contributed by atoms with Gasteiger partial charge in [-0.05, 0) is 63.8 Å². The molecule has 2 saturated carbocycles. The highest BCUT2D eigenvalue weighted by Crippen LogP contribution is 2.48. The summed E-state index contributed by atoms with van der Waals surface area (Å²) in [6, 6.07) is 0. The van der Waals surface area contributed by atoms with E-state index in [9.17, 15) is 4.79 Å². The maximum Gasteiger partial charge on any atom is 0.310 e. The molecule has 0 aromatic rings. The van der Waals surface area contributed by atoms with Crippen molar-refractivity contribution >= 4 is 5.97 Å². The molecule has 2 rings (SSSR count). The number of rotatable bonds is 7. The molecule has 0 aromatic heterocycles. The van der Waals surface area contributed by atoms with Gasteiger partial charge in [0.25, 0.3) is 0 Å².